The lowest BCUT2D eigenvalue weighted by molar-refractivity contribution is -0.132. The van der Waals surface area contributed by atoms with E-state index in [4.69, 9.17) is 9.68 Å². The van der Waals surface area contributed by atoms with Crippen molar-refractivity contribution in [2.75, 3.05) is 13.1 Å². The molecule has 0 bridgehead atoms. The highest BCUT2D eigenvalue weighted by Crippen LogP contribution is 2.14. The maximum atomic E-state index is 12.4. The van der Waals surface area contributed by atoms with Gasteiger partial charge in [-0.05, 0) is 37.9 Å². The molecule has 0 aliphatic carbocycles. The van der Waals surface area contributed by atoms with Gasteiger partial charge in [0, 0.05) is 19.0 Å². The molecule has 1 aromatic heterocycles. The molecule has 1 unspecified atom stereocenters. The standard InChI is InChI=1S/C16H23N3O2/c17-9-4-11-19(13-15-6-3-12-21-15)16(20)8-7-14-5-1-2-10-18-14/h3,6,12,14,18H,1-2,4-5,7-8,10-11,13H2. The first-order valence-corrected chi connectivity index (χ1v) is 7.70. The second kappa shape index (κ2) is 8.48. The molecule has 0 saturated carbocycles. The third-order valence-corrected chi connectivity index (χ3v) is 3.89. The minimum absolute atomic E-state index is 0.106. The van der Waals surface area contributed by atoms with Crippen LogP contribution in [0.4, 0.5) is 0 Å². The van der Waals surface area contributed by atoms with Crippen LogP contribution in [0, 0.1) is 11.3 Å². The van der Waals surface area contributed by atoms with Crippen LogP contribution in [-0.2, 0) is 11.3 Å². The van der Waals surface area contributed by atoms with E-state index in [-0.39, 0.29) is 5.91 Å². The van der Waals surface area contributed by atoms with Gasteiger partial charge in [-0.2, -0.15) is 5.26 Å². The smallest absolute Gasteiger partial charge is 0.223 e. The number of nitrogens with one attached hydrogen (secondary N) is 1. The molecular formula is C16H23N3O2. The molecule has 1 aliphatic rings. The van der Waals surface area contributed by atoms with Crippen LogP contribution < -0.4 is 5.32 Å². The zero-order chi connectivity index (χ0) is 14.9. The van der Waals surface area contributed by atoms with Gasteiger partial charge in [-0.25, -0.2) is 0 Å². The van der Waals surface area contributed by atoms with Gasteiger partial charge in [0.25, 0.3) is 0 Å². The molecule has 2 heterocycles. The summed E-state index contributed by atoms with van der Waals surface area (Å²) >= 11 is 0. The predicted octanol–water partition coefficient (Wildman–Crippen LogP) is 2.44. The molecule has 1 aromatic rings. The number of hydrogen-bond acceptors (Lipinski definition) is 4. The number of rotatable bonds is 7. The average Bonchev–Trinajstić information content (AvgIpc) is 3.03. The number of furan rings is 1. The maximum Gasteiger partial charge on any atom is 0.223 e. The molecule has 1 amide bonds. The van der Waals surface area contributed by atoms with E-state index in [2.05, 4.69) is 11.4 Å². The van der Waals surface area contributed by atoms with Gasteiger partial charge in [-0.1, -0.05) is 6.42 Å². The van der Waals surface area contributed by atoms with Crippen LogP contribution in [0.5, 0.6) is 0 Å². The molecule has 2 rings (SSSR count). The Labute approximate surface area is 125 Å². The largest absolute Gasteiger partial charge is 0.467 e. The van der Waals surface area contributed by atoms with Gasteiger partial charge in [-0.15, -0.1) is 0 Å². The lowest BCUT2D eigenvalue weighted by Gasteiger charge is -2.25. The van der Waals surface area contributed by atoms with Crippen LogP contribution in [-0.4, -0.2) is 29.9 Å². The molecule has 114 valence electrons. The first-order valence-electron chi connectivity index (χ1n) is 7.70. The Hall–Kier alpha value is -1.80. The van der Waals surface area contributed by atoms with Gasteiger partial charge in [0.1, 0.15) is 5.76 Å². The number of hydrogen-bond donors (Lipinski definition) is 1. The SMILES string of the molecule is N#CCCN(Cc1ccco1)C(=O)CCC1CCCCN1. The van der Waals surface area contributed by atoms with E-state index in [0.717, 1.165) is 25.1 Å². The van der Waals surface area contributed by atoms with E-state index in [1.165, 1.54) is 12.8 Å². The Balaban J connectivity index is 1.82. The Morgan fingerprint density at radius 1 is 1.52 bits per heavy atom. The molecule has 5 nitrogen and oxygen atoms in total. The first kappa shape index (κ1) is 15.6. The van der Waals surface area contributed by atoms with Crippen molar-refractivity contribution in [2.45, 2.75) is 51.1 Å². The summed E-state index contributed by atoms with van der Waals surface area (Å²) in [5.41, 5.74) is 0. The van der Waals surface area contributed by atoms with Gasteiger partial charge in [0.05, 0.1) is 25.3 Å². The summed E-state index contributed by atoms with van der Waals surface area (Å²) in [5.74, 6) is 0.867. The number of carbonyl (C=O) groups excluding carboxylic acids is 1. The van der Waals surface area contributed by atoms with Crippen molar-refractivity contribution in [1.82, 2.24) is 10.2 Å². The number of nitriles is 1. The van der Waals surface area contributed by atoms with Crippen molar-refractivity contribution in [3.8, 4) is 6.07 Å². The van der Waals surface area contributed by atoms with Crippen molar-refractivity contribution in [2.24, 2.45) is 0 Å². The maximum absolute atomic E-state index is 12.4. The molecule has 1 saturated heterocycles. The first-order chi connectivity index (χ1) is 10.3. The van der Waals surface area contributed by atoms with Crippen molar-refractivity contribution < 1.29 is 9.21 Å². The molecule has 0 radical (unpaired) electrons. The molecule has 0 spiro atoms. The fraction of sp³-hybridized carbons (Fsp3) is 0.625. The van der Waals surface area contributed by atoms with Crippen LogP contribution in [0.15, 0.2) is 22.8 Å². The number of amides is 1. The van der Waals surface area contributed by atoms with Gasteiger partial charge >= 0.3 is 0 Å². The molecule has 1 fully saturated rings. The predicted molar refractivity (Wildman–Crippen MR) is 79.2 cm³/mol. The molecule has 1 N–H and O–H groups in total. The third kappa shape index (κ3) is 5.24. The summed E-state index contributed by atoms with van der Waals surface area (Å²) in [6, 6.07) is 6.23. The van der Waals surface area contributed by atoms with Crippen LogP contribution in [0.1, 0.15) is 44.3 Å². The number of nitrogens with zero attached hydrogens (tertiary/aromatic N) is 2. The molecule has 0 aromatic carbocycles. The van der Waals surface area contributed by atoms with Gasteiger partial charge in [-0.3, -0.25) is 4.79 Å². The minimum atomic E-state index is 0.106. The highest BCUT2D eigenvalue weighted by molar-refractivity contribution is 5.76. The van der Waals surface area contributed by atoms with Crippen LogP contribution in [0.25, 0.3) is 0 Å². The summed E-state index contributed by atoms with van der Waals surface area (Å²) < 4.78 is 5.30. The van der Waals surface area contributed by atoms with Crippen LogP contribution in [0.3, 0.4) is 0 Å². The van der Waals surface area contributed by atoms with E-state index in [0.29, 0.717) is 32.0 Å². The Kier molecular flexibility index (Phi) is 6.29. The van der Waals surface area contributed by atoms with E-state index < -0.39 is 0 Å². The second-order valence-electron chi connectivity index (χ2n) is 5.49. The monoisotopic (exact) mass is 289 g/mol. The fourth-order valence-electron chi connectivity index (χ4n) is 2.69. The summed E-state index contributed by atoms with van der Waals surface area (Å²) in [5, 5.41) is 12.2. The van der Waals surface area contributed by atoms with Gasteiger partial charge in [0.2, 0.25) is 5.91 Å². The van der Waals surface area contributed by atoms with Crippen LogP contribution >= 0.6 is 0 Å². The van der Waals surface area contributed by atoms with Crippen molar-refractivity contribution in [1.29, 1.82) is 5.26 Å². The normalized spacial score (nSPS) is 18.1. The quantitative estimate of drug-likeness (QED) is 0.837. The molecular weight excluding hydrogens is 266 g/mol. The Morgan fingerprint density at radius 2 is 2.43 bits per heavy atom. The summed E-state index contributed by atoms with van der Waals surface area (Å²) in [7, 11) is 0. The zero-order valence-electron chi connectivity index (χ0n) is 12.4. The van der Waals surface area contributed by atoms with Crippen molar-refractivity contribution in [3.63, 3.8) is 0 Å². The minimum Gasteiger partial charge on any atom is -0.467 e. The van der Waals surface area contributed by atoms with E-state index in [1.807, 2.05) is 12.1 Å². The lowest BCUT2D eigenvalue weighted by Crippen LogP contribution is -2.36. The lowest BCUT2D eigenvalue weighted by atomic mass is 10.0. The Bertz CT molecular complexity index is 458. The molecule has 21 heavy (non-hydrogen) atoms. The number of piperidine rings is 1. The highest BCUT2D eigenvalue weighted by Gasteiger charge is 2.18. The summed E-state index contributed by atoms with van der Waals surface area (Å²) in [6.45, 7) is 1.98. The van der Waals surface area contributed by atoms with E-state index in [1.54, 1.807) is 11.2 Å². The van der Waals surface area contributed by atoms with Crippen molar-refractivity contribution in [3.05, 3.63) is 24.2 Å². The third-order valence-electron chi connectivity index (χ3n) is 3.89. The fourth-order valence-corrected chi connectivity index (χ4v) is 2.69. The molecule has 1 aliphatic heterocycles. The van der Waals surface area contributed by atoms with E-state index >= 15 is 0 Å². The van der Waals surface area contributed by atoms with Crippen molar-refractivity contribution >= 4 is 5.91 Å². The molecule has 5 heteroatoms. The summed E-state index contributed by atoms with van der Waals surface area (Å²) in [4.78, 5) is 14.1. The second-order valence-corrected chi connectivity index (χ2v) is 5.49. The zero-order valence-corrected chi connectivity index (χ0v) is 12.4. The average molecular weight is 289 g/mol. The van der Waals surface area contributed by atoms with Crippen LogP contribution in [0.2, 0.25) is 0 Å². The van der Waals surface area contributed by atoms with Gasteiger partial charge in [0.15, 0.2) is 0 Å². The summed E-state index contributed by atoms with van der Waals surface area (Å²) in [6.07, 6.45) is 7.00. The number of carbonyl (C=O) groups is 1. The topological polar surface area (TPSA) is 69.3 Å². The van der Waals surface area contributed by atoms with Gasteiger partial charge < -0.3 is 14.6 Å². The highest BCUT2D eigenvalue weighted by atomic mass is 16.3. The van der Waals surface area contributed by atoms with E-state index in [9.17, 15) is 4.79 Å². The molecule has 1 atom stereocenters. The Morgan fingerprint density at radius 3 is 3.10 bits per heavy atom.